The molecular weight excluding hydrogens is 290 g/mol. The highest BCUT2D eigenvalue weighted by Crippen LogP contribution is 2.27. The molecule has 0 saturated heterocycles. The van der Waals surface area contributed by atoms with Crippen molar-refractivity contribution in [3.63, 3.8) is 0 Å². The van der Waals surface area contributed by atoms with E-state index in [0.29, 0.717) is 6.54 Å². The van der Waals surface area contributed by atoms with Crippen LogP contribution in [-0.2, 0) is 6.54 Å². The van der Waals surface area contributed by atoms with Crippen LogP contribution in [0.1, 0.15) is 5.76 Å². The van der Waals surface area contributed by atoms with E-state index in [4.69, 9.17) is 10.2 Å². The van der Waals surface area contributed by atoms with Gasteiger partial charge >= 0.3 is 0 Å². The molecule has 0 aliphatic rings. The van der Waals surface area contributed by atoms with E-state index in [0.717, 1.165) is 21.6 Å². The average molecular weight is 302 g/mol. The molecule has 0 bridgehead atoms. The molecule has 3 aromatic rings. The lowest BCUT2D eigenvalue weighted by Gasteiger charge is -2.02. The van der Waals surface area contributed by atoms with Crippen LogP contribution in [0.2, 0.25) is 0 Å². The van der Waals surface area contributed by atoms with Crippen LogP contribution in [0.5, 0.6) is 0 Å². The van der Waals surface area contributed by atoms with Gasteiger partial charge < -0.3 is 10.2 Å². The van der Waals surface area contributed by atoms with E-state index < -0.39 is 0 Å². The molecule has 0 atom stereocenters. The first kappa shape index (κ1) is 11.5. The molecule has 0 amide bonds. The predicted octanol–water partition coefficient (Wildman–Crippen LogP) is 4.32. The molecule has 1 aromatic heterocycles. The second-order valence-electron chi connectivity index (χ2n) is 4.18. The van der Waals surface area contributed by atoms with Crippen molar-refractivity contribution in [2.75, 3.05) is 0 Å². The topological polar surface area (TPSA) is 39.2 Å². The fourth-order valence-electron chi connectivity index (χ4n) is 2.01. The zero-order valence-electron chi connectivity index (χ0n) is 9.69. The normalized spacial score (nSPS) is 11.0. The van der Waals surface area contributed by atoms with E-state index in [-0.39, 0.29) is 0 Å². The third-order valence-corrected chi connectivity index (χ3v) is 3.44. The minimum absolute atomic E-state index is 0.431. The van der Waals surface area contributed by atoms with E-state index in [1.54, 1.807) is 0 Å². The lowest BCUT2D eigenvalue weighted by atomic mass is 10.1. The van der Waals surface area contributed by atoms with Crippen molar-refractivity contribution in [2.45, 2.75) is 6.54 Å². The van der Waals surface area contributed by atoms with E-state index in [2.05, 4.69) is 46.3 Å². The number of furan rings is 1. The van der Waals surface area contributed by atoms with Gasteiger partial charge in [0.05, 0.1) is 6.54 Å². The fraction of sp³-hybridized carbons (Fsp3) is 0.0667. The Kier molecular flexibility index (Phi) is 2.94. The Bertz CT molecular complexity index is 703. The maximum Gasteiger partial charge on any atom is 0.134 e. The van der Waals surface area contributed by atoms with Crippen molar-refractivity contribution in [1.82, 2.24) is 0 Å². The smallest absolute Gasteiger partial charge is 0.134 e. The molecule has 0 radical (unpaired) electrons. The SMILES string of the molecule is NCc1ccc(-c2ccc3cc(Br)ccc3c2)o1. The van der Waals surface area contributed by atoms with Crippen LogP contribution in [0.4, 0.5) is 0 Å². The molecule has 3 heteroatoms. The number of benzene rings is 2. The number of halogens is 1. The summed E-state index contributed by atoms with van der Waals surface area (Å²) in [6.07, 6.45) is 0. The van der Waals surface area contributed by atoms with Crippen molar-refractivity contribution in [1.29, 1.82) is 0 Å². The molecule has 2 N–H and O–H groups in total. The first-order valence-electron chi connectivity index (χ1n) is 5.75. The summed E-state index contributed by atoms with van der Waals surface area (Å²) in [4.78, 5) is 0. The van der Waals surface area contributed by atoms with Gasteiger partial charge in [-0.05, 0) is 41.1 Å². The van der Waals surface area contributed by atoms with Gasteiger partial charge in [-0.2, -0.15) is 0 Å². The molecule has 0 aliphatic heterocycles. The molecular formula is C15H12BrNO. The van der Waals surface area contributed by atoms with Crippen LogP contribution >= 0.6 is 15.9 Å². The Hall–Kier alpha value is -1.58. The fourth-order valence-corrected chi connectivity index (χ4v) is 2.39. The summed E-state index contributed by atoms with van der Waals surface area (Å²) in [7, 11) is 0. The third kappa shape index (κ3) is 2.07. The van der Waals surface area contributed by atoms with Crippen molar-refractivity contribution in [3.05, 3.63) is 58.8 Å². The molecule has 0 fully saturated rings. The maximum atomic E-state index is 5.66. The third-order valence-electron chi connectivity index (χ3n) is 2.95. The van der Waals surface area contributed by atoms with Gasteiger partial charge in [0.25, 0.3) is 0 Å². The van der Waals surface area contributed by atoms with Gasteiger partial charge in [-0.15, -0.1) is 0 Å². The molecule has 0 saturated carbocycles. The Morgan fingerprint density at radius 2 is 1.72 bits per heavy atom. The lowest BCUT2D eigenvalue weighted by molar-refractivity contribution is 0.525. The van der Waals surface area contributed by atoms with Gasteiger partial charge in [0.2, 0.25) is 0 Å². The van der Waals surface area contributed by atoms with E-state index in [9.17, 15) is 0 Å². The van der Waals surface area contributed by atoms with Gasteiger partial charge in [0.15, 0.2) is 0 Å². The second-order valence-corrected chi connectivity index (χ2v) is 5.09. The summed E-state index contributed by atoms with van der Waals surface area (Å²) in [5, 5.41) is 2.40. The summed E-state index contributed by atoms with van der Waals surface area (Å²) in [5.74, 6) is 1.67. The van der Waals surface area contributed by atoms with Gasteiger partial charge in [-0.1, -0.05) is 34.1 Å². The van der Waals surface area contributed by atoms with Crippen molar-refractivity contribution >= 4 is 26.7 Å². The number of fused-ring (bicyclic) bond motifs is 1. The van der Waals surface area contributed by atoms with Crippen LogP contribution in [0.3, 0.4) is 0 Å². The highest BCUT2D eigenvalue weighted by Gasteiger charge is 2.05. The van der Waals surface area contributed by atoms with E-state index in [1.807, 2.05) is 18.2 Å². The quantitative estimate of drug-likeness (QED) is 0.765. The second kappa shape index (κ2) is 4.59. The van der Waals surface area contributed by atoms with Crippen LogP contribution < -0.4 is 5.73 Å². The zero-order valence-corrected chi connectivity index (χ0v) is 11.3. The molecule has 3 rings (SSSR count). The molecule has 18 heavy (non-hydrogen) atoms. The highest BCUT2D eigenvalue weighted by atomic mass is 79.9. The number of hydrogen-bond acceptors (Lipinski definition) is 2. The van der Waals surface area contributed by atoms with Crippen molar-refractivity contribution in [3.8, 4) is 11.3 Å². The Morgan fingerprint density at radius 1 is 0.944 bits per heavy atom. The minimum atomic E-state index is 0.431. The van der Waals surface area contributed by atoms with Crippen molar-refractivity contribution in [2.24, 2.45) is 5.73 Å². The predicted molar refractivity (Wildman–Crippen MR) is 77.2 cm³/mol. The molecule has 1 heterocycles. The molecule has 2 aromatic carbocycles. The zero-order chi connectivity index (χ0) is 12.5. The summed E-state index contributed by atoms with van der Waals surface area (Å²) in [6, 6.07) is 16.4. The van der Waals surface area contributed by atoms with Crippen molar-refractivity contribution < 1.29 is 4.42 Å². The maximum absolute atomic E-state index is 5.66. The summed E-state index contributed by atoms with van der Waals surface area (Å²) in [5.41, 5.74) is 6.62. The summed E-state index contributed by atoms with van der Waals surface area (Å²) in [6.45, 7) is 0.431. The van der Waals surface area contributed by atoms with Gasteiger partial charge in [-0.25, -0.2) is 0 Å². The lowest BCUT2D eigenvalue weighted by Crippen LogP contribution is -1.92. The van der Waals surface area contributed by atoms with Crippen LogP contribution in [0.25, 0.3) is 22.1 Å². The number of hydrogen-bond donors (Lipinski definition) is 1. The Morgan fingerprint density at radius 3 is 2.50 bits per heavy atom. The van der Waals surface area contributed by atoms with Gasteiger partial charge in [0, 0.05) is 10.0 Å². The van der Waals surface area contributed by atoms with Gasteiger partial charge in [-0.3, -0.25) is 0 Å². The molecule has 0 aliphatic carbocycles. The monoisotopic (exact) mass is 301 g/mol. The van der Waals surface area contributed by atoms with Gasteiger partial charge in [0.1, 0.15) is 11.5 Å². The van der Waals surface area contributed by atoms with E-state index >= 15 is 0 Å². The Labute approximate surface area is 114 Å². The average Bonchev–Trinajstić information content (AvgIpc) is 2.87. The Balaban J connectivity index is 2.10. The van der Waals surface area contributed by atoms with Crippen LogP contribution in [0.15, 0.2) is 57.4 Å². The molecule has 0 unspecified atom stereocenters. The molecule has 2 nitrogen and oxygen atoms in total. The first-order valence-corrected chi connectivity index (χ1v) is 6.54. The van der Waals surface area contributed by atoms with Crippen LogP contribution in [-0.4, -0.2) is 0 Å². The first-order chi connectivity index (χ1) is 8.76. The summed E-state index contributed by atoms with van der Waals surface area (Å²) < 4.78 is 6.75. The minimum Gasteiger partial charge on any atom is -0.460 e. The largest absolute Gasteiger partial charge is 0.460 e. The summed E-state index contributed by atoms with van der Waals surface area (Å²) >= 11 is 3.48. The standard InChI is InChI=1S/C15H12BrNO/c16-13-4-3-10-7-12(2-1-11(10)8-13)15-6-5-14(9-17)18-15/h1-8H,9,17H2. The molecule has 90 valence electrons. The number of rotatable bonds is 2. The van der Waals surface area contributed by atoms with E-state index in [1.165, 1.54) is 10.8 Å². The highest BCUT2D eigenvalue weighted by molar-refractivity contribution is 9.10. The van der Waals surface area contributed by atoms with Crippen LogP contribution in [0, 0.1) is 0 Å². The molecule has 0 spiro atoms. The number of nitrogens with two attached hydrogens (primary N) is 1.